The molecule has 0 aliphatic heterocycles. The van der Waals surface area contributed by atoms with E-state index < -0.39 is 12.7 Å². The Kier molecular flexibility index (Phi) is 9.94. The van der Waals surface area contributed by atoms with Gasteiger partial charge in [-0.25, -0.2) is 8.78 Å². The summed E-state index contributed by atoms with van der Waals surface area (Å²) in [5.74, 6) is -0.562. The lowest BCUT2D eigenvalue weighted by Crippen LogP contribution is -2.11. The Bertz CT molecular complexity index is 243. The number of hydrogen-bond donors (Lipinski definition) is 0. The van der Waals surface area contributed by atoms with E-state index in [0.29, 0.717) is 12.8 Å². The summed E-state index contributed by atoms with van der Waals surface area (Å²) in [6.07, 6.45) is 0.693. The molecule has 0 aliphatic carbocycles. The van der Waals surface area contributed by atoms with Crippen molar-refractivity contribution in [2.24, 2.45) is 0 Å². The molecule has 0 saturated carbocycles. The molecule has 19 heavy (non-hydrogen) atoms. The molecule has 0 heterocycles. The molecule has 0 fully saturated rings. The molecule has 2 atom stereocenters. The van der Waals surface area contributed by atoms with Crippen LogP contribution >= 0.6 is 0 Å². The highest BCUT2D eigenvalue weighted by Gasteiger charge is 2.13. The zero-order chi connectivity index (χ0) is 14.7. The first-order valence-corrected chi connectivity index (χ1v) is 6.66. The largest absolute Gasteiger partial charge is 0.431 e. The molecule has 112 valence electrons. The van der Waals surface area contributed by atoms with Gasteiger partial charge in [-0.05, 0) is 26.0 Å². The van der Waals surface area contributed by atoms with E-state index in [-0.39, 0.29) is 24.7 Å². The van der Waals surface area contributed by atoms with Gasteiger partial charge in [-0.15, -0.1) is 0 Å². The van der Waals surface area contributed by atoms with Crippen molar-refractivity contribution in [2.45, 2.75) is 65.1 Å². The van der Waals surface area contributed by atoms with Crippen molar-refractivity contribution in [3.8, 4) is 0 Å². The van der Waals surface area contributed by atoms with Crippen molar-refractivity contribution in [3.63, 3.8) is 0 Å². The van der Waals surface area contributed by atoms with Crippen LogP contribution < -0.4 is 0 Å². The van der Waals surface area contributed by atoms with Crippen LogP contribution in [0.15, 0.2) is 25.0 Å². The zero-order valence-electron chi connectivity index (χ0n) is 11.8. The molecule has 5 heteroatoms. The van der Waals surface area contributed by atoms with Gasteiger partial charge in [-0.1, -0.05) is 26.7 Å². The maximum atomic E-state index is 13.2. The summed E-state index contributed by atoms with van der Waals surface area (Å²) in [6.45, 7) is 10.6. The fraction of sp³-hybridized carbons (Fsp3) is 0.714. The predicted molar refractivity (Wildman–Crippen MR) is 70.4 cm³/mol. The second-order valence-corrected chi connectivity index (χ2v) is 4.19. The summed E-state index contributed by atoms with van der Waals surface area (Å²) in [6, 6.07) is 0. The maximum Gasteiger partial charge on any atom is 0.282 e. The molecule has 0 aromatic heterocycles. The van der Waals surface area contributed by atoms with Crippen LogP contribution in [-0.2, 0) is 14.2 Å². The number of ether oxygens (including phenoxy) is 3. The molecule has 0 amide bonds. The zero-order valence-corrected chi connectivity index (χ0v) is 11.8. The molecule has 0 radical (unpaired) electrons. The summed E-state index contributed by atoms with van der Waals surface area (Å²) < 4.78 is 40.7. The van der Waals surface area contributed by atoms with Gasteiger partial charge in [-0.2, -0.15) is 0 Å². The van der Waals surface area contributed by atoms with Crippen molar-refractivity contribution in [2.75, 3.05) is 0 Å². The highest BCUT2D eigenvalue weighted by molar-refractivity contribution is 4.80. The predicted octanol–water partition coefficient (Wildman–Crippen LogP) is 4.95. The number of halogens is 2. The standard InChI is InChI=1S/C14H24F2O3/c1-5-7-9-13(15)18-11(3)17-12(4)19-14(16)10-8-6-2/h13-14H,3-10H2,1-2H3. The van der Waals surface area contributed by atoms with Gasteiger partial charge >= 0.3 is 0 Å². The van der Waals surface area contributed by atoms with Crippen molar-refractivity contribution in [3.05, 3.63) is 25.0 Å². The lowest BCUT2D eigenvalue weighted by Gasteiger charge is -2.16. The van der Waals surface area contributed by atoms with E-state index >= 15 is 0 Å². The number of alkyl halides is 2. The molecule has 3 nitrogen and oxygen atoms in total. The van der Waals surface area contributed by atoms with Crippen LogP contribution in [0.3, 0.4) is 0 Å². The van der Waals surface area contributed by atoms with Gasteiger partial charge in [0.05, 0.1) is 0 Å². The summed E-state index contributed by atoms with van der Waals surface area (Å²) >= 11 is 0. The highest BCUT2D eigenvalue weighted by Crippen LogP contribution is 2.16. The Labute approximate surface area is 114 Å². The van der Waals surface area contributed by atoms with Gasteiger partial charge < -0.3 is 14.2 Å². The third-order valence-electron chi connectivity index (χ3n) is 2.32. The first-order chi connectivity index (χ1) is 8.99. The Morgan fingerprint density at radius 1 is 0.895 bits per heavy atom. The minimum absolute atomic E-state index is 0.258. The number of unbranched alkanes of at least 4 members (excludes halogenated alkanes) is 2. The molecule has 2 unspecified atom stereocenters. The van der Waals surface area contributed by atoms with Gasteiger partial charge in [0.25, 0.3) is 11.9 Å². The summed E-state index contributed by atoms with van der Waals surface area (Å²) in [5.41, 5.74) is 0. The third-order valence-corrected chi connectivity index (χ3v) is 2.32. The van der Waals surface area contributed by atoms with Crippen molar-refractivity contribution in [1.29, 1.82) is 0 Å². The molecule has 0 bridgehead atoms. The van der Waals surface area contributed by atoms with Gasteiger partial charge in [-0.3, -0.25) is 0 Å². The summed E-state index contributed by atoms with van der Waals surface area (Å²) in [4.78, 5) is 0. The maximum absolute atomic E-state index is 13.2. The monoisotopic (exact) mass is 278 g/mol. The van der Waals surface area contributed by atoms with E-state index in [1.165, 1.54) is 0 Å². The number of hydrogen-bond acceptors (Lipinski definition) is 3. The molecular weight excluding hydrogens is 254 g/mol. The van der Waals surface area contributed by atoms with E-state index in [4.69, 9.17) is 14.2 Å². The van der Waals surface area contributed by atoms with Gasteiger partial charge in [0.2, 0.25) is 12.7 Å². The fourth-order valence-electron chi connectivity index (χ4n) is 1.31. The fourth-order valence-corrected chi connectivity index (χ4v) is 1.31. The lowest BCUT2D eigenvalue weighted by atomic mass is 10.2. The highest BCUT2D eigenvalue weighted by atomic mass is 19.1. The minimum Gasteiger partial charge on any atom is -0.431 e. The van der Waals surface area contributed by atoms with Crippen molar-refractivity contribution >= 4 is 0 Å². The smallest absolute Gasteiger partial charge is 0.282 e. The van der Waals surface area contributed by atoms with Gasteiger partial charge in [0.1, 0.15) is 0 Å². The first-order valence-electron chi connectivity index (χ1n) is 6.66. The third kappa shape index (κ3) is 10.4. The van der Waals surface area contributed by atoms with Crippen molar-refractivity contribution in [1.82, 2.24) is 0 Å². The molecule has 0 aromatic carbocycles. The topological polar surface area (TPSA) is 27.7 Å². The second-order valence-electron chi connectivity index (χ2n) is 4.19. The molecule has 0 rings (SSSR count). The van der Waals surface area contributed by atoms with E-state index in [9.17, 15) is 8.78 Å². The molecule has 0 N–H and O–H groups in total. The average molecular weight is 278 g/mol. The van der Waals surface area contributed by atoms with Gasteiger partial charge in [0, 0.05) is 12.8 Å². The molecule has 0 saturated heterocycles. The van der Waals surface area contributed by atoms with Crippen LogP contribution in [-0.4, -0.2) is 12.7 Å². The Balaban J connectivity index is 3.82. The molecule has 0 spiro atoms. The minimum atomic E-state index is -1.48. The summed E-state index contributed by atoms with van der Waals surface area (Å²) in [5, 5.41) is 0. The molecular formula is C14H24F2O3. The van der Waals surface area contributed by atoms with Crippen LogP contribution in [0.25, 0.3) is 0 Å². The SMILES string of the molecule is C=C(OC(=C)OC(F)CCCC)OC(F)CCCC. The van der Waals surface area contributed by atoms with Crippen LogP contribution in [0.4, 0.5) is 8.78 Å². The van der Waals surface area contributed by atoms with E-state index in [1.54, 1.807) is 0 Å². The molecule has 0 aliphatic rings. The van der Waals surface area contributed by atoms with Crippen LogP contribution in [0.5, 0.6) is 0 Å². The Morgan fingerprint density at radius 3 is 1.58 bits per heavy atom. The normalized spacial score (nSPS) is 13.5. The van der Waals surface area contributed by atoms with Gasteiger partial charge in [0.15, 0.2) is 0 Å². The Hall–Kier alpha value is -1.26. The van der Waals surface area contributed by atoms with E-state index in [2.05, 4.69) is 13.2 Å². The second kappa shape index (κ2) is 10.6. The summed E-state index contributed by atoms with van der Waals surface area (Å²) in [7, 11) is 0. The van der Waals surface area contributed by atoms with Crippen molar-refractivity contribution < 1.29 is 23.0 Å². The van der Waals surface area contributed by atoms with Crippen LogP contribution in [0.1, 0.15) is 52.4 Å². The van der Waals surface area contributed by atoms with Crippen LogP contribution in [0.2, 0.25) is 0 Å². The molecule has 0 aromatic rings. The van der Waals surface area contributed by atoms with E-state index in [0.717, 1.165) is 12.8 Å². The number of rotatable bonds is 12. The quantitative estimate of drug-likeness (QED) is 0.473. The van der Waals surface area contributed by atoms with E-state index in [1.807, 2.05) is 13.8 Å². The average Bonchev–Trinajstić information content (AvgIpc) is 2.33. The lowest BCUT2D eigenvalue weighted by molar-refractivity contribution is -0.108. The first kappa shape index (κ1) is 17.7. The van der Waals surface area contributed by atoms with Crippen LogP contribution in [0, 0.1) is 0 Å². The Morgan fingerprint density at radius 2 is 1.26 bits per heavy atom.